The standard InChI is InChI=1S/C17H22FN3O2/c1-11(12-7-5-6-8-13(12)18)19-14(22)9-10-15-20-16(21-23-15)17(2,3)4/h5-8,11H,9-10H2,1-4H3,(H,19,22). The third kappa shape index (κ3) is 4.61. The molecule has 2 rings (SSSR count). The van der Waals surface area contributed by atoms with Crippen LogP contribution in [-0.4, -0.2) is 16.0 Å². The summed E-state index contributed by atoms with van der Waals surface area (Å²) in [5.41, 5.74) is 0.275. The Balaban J connectivity index is 1.88. The highest BCUT2D eigenvalue weighted by molar-refractivity contribution is 5.76. The highest BCUT2D eigenvalue weighted by Crippen LogP contribution is 2.19. The van der Waals surface area contributed by atoms with Gasteiger partial charge < -0.3 is 9.84 Å². The van der Waals surface area contributed by atoms with E-state index in [4.69, 9.17) is 4.52 Å². The van der Waals surface area contributed by atoms with Crippen LogP contribution in [0.15, 0.2) is 28.8 Å². The summed E-state index contributed by atoms with van der Waals surface area (Å²) in [5, 5.41) is 6.69. The van der Waals surface area contributed by atoms with Gasteiger partial charge in [0, 0.05) is 23.8 Å². The summed E-state index contributed by atoms with van der Waals surface area (Å²) in [7, 11) is 0. The van der Waals surface area contributed by atoms with E-state index in [2.05, 4.69) is 15.5 Å². The molecule has 1 unspecified atom stereocenters. The lowest BCUT2D eigenvalue weighted by Gasteiger charge is -2.14. The molecule has 0 spiro atoms. The number of benzene rings is 1. The molecule has 0 radical (unpaired) electrons. The van der Waals surface area contributed by atoms with Gasteiger partial charge in [-0.1, -0.05) is 44.1 Å². The number of aryl methyl sites for hydroxylation is 1. The van der Waals surface area contributed by atoms with Crippen molar-refractivity contribution < 1.29 is 13.7 Å². The van der Waals surface area contributed by atoms with Crippen LogP contribution in [0.5, 0.6) is 0 Å². The van der Waals surface area contributed by atoms with Crippen molar-refractivity contribution in [3.05, 3.63) is 47.4 Å². The van der Waals surface area contributed by atoms with Crippen LogP contribution >= 0.6 is 0 Å². The van der Waals surface area contributed by atoms with Gasteiger partial charge in [0.15, 0.2) is 5.82 Å². The zero-order chi connectivity index (χ0) is 17.0. The Morgan fingerprint density at radius 2 is 2.04 bits per heavy atom. The summed E-state index contributed by atoms with van der Waals surface area (Å²) in [5.74, 6) is 0.541. The third-order valence-corrected chi connectivity index (χ3v) is 3.45. The van der Waals surface area contributed by atoms with Crippen LogP contribution in [0.25, 0.3) is 0 Å². The van der Waals surface area contributed by atoms with E-state index in [1.807, 2.05) is 20.8 Å². The largest absolute Gasteiger partial charge is 0.349 e. The van der Waals surface area contributed by atoms with Crippen molar-refractivity contribution in [1.29, 1.82) is 0 Å². The molecule has 0 aliphatic rings. The fraction of sp³-hybridized carbons (Fsp3) is 0.471. The van der Waals surface area contributed by atoms with E-state index in [0.717, 1.165) is 0 Å². The molecule has 1 aromatic carbocycles. The average Bonchev–Trinajstić information content (AvgIpc) is 2.94. The molecular weight excluding hydrogens is 297 g/mol. The predicted octanol–water partition coefficient (Wildman–Crippen LogP) is 3.32. The molecule has 5 nitrogen and oxygen atoms in total. The maximum atomic E-state index is 13.7. The average molecular weight is 319 g/mol. The van der Waals surface area contributed by atoms with Crippen LogP contribution in [0, 0.1) is 5.82 Å². The van der Waals surface area contributed by atoms with E-state index in [9.17, 15) is 9.18 Å². The zero-order valence-corrected chi connectivity index (χ0v) is 13.9. The Morgan fingerprint density at radius 1 is 1.35 bits per heavy atom. The minimum Gasteiger partial charge on any atom is -0.349 e. The number of nitrogens with zero attached hydrogens (tertiary/aromatic N) is 2. The Kier molecular flexibility index (Phi) is 5.13. The number of halogens is 1. The molecule has 0 aliphatic carbocycles. The van der Waals surface area contributed by atoms with Crippen molar-refractivity contribution >= 4 is 5.91 Å². The quantitative estimate of drug-likeness (QED) is 0.918. The monoisotopic (exact) mass is 319 g/mol. The molecule has 0 bridgehead atoms. The summed E-state index contributed by atoms with van der Waals surface area (Å²) in [6, 6.07) is 6.01. The zero-order valence-electron chi connectivity index (χ0n) is 13.9. The molecule has 6 heteroatoms. The van der Waals surface area contributed by atoms with Gasteiger partial charge in [0.2, 0.25) is 11.8 Å². The minimum absolute atomic E-state index is 0.184. The van der Waals surface area contributed by atoms with E-state index in [1.165, 1.54) is 6.07 Å². The van der Waals surface area contributed by atoms with Crippen LogP contribution in [-0.2, 0) is 16.6 Å². The van der Waals surface area contributed by atoms with Gasteiger partial charge in [-0.05, 0) is 13.0 Å². The van der Waals surface area contributed by atoms with Crippen molar-refractivity contribution in [3.8, 4) is 0 Å². The molecule has 0 saturated carbocycles. The molecule has 0 aliphatic heterocycles. The summed E-state index contributed by atoms with van der Waals surface area (Å²) in [6.07, 6.45) is 0.573. The SMILES string of the molecule is CC(NC(=O)CCc1nc(C(C)(C)C)no1)c1ccccc1F. The van der Waals surface area contributed by atoms with Gasteiger partial charge >= 0.3 is 0 Å². The Hall–Kier alpha value is -2.24. The van der Waals surface area contributed by atoms with Gasteiger partial charge in [0.05, 0.1) is 6.04 Å². The van der Waals surface area contributed by atoms with Gasteiger partial charge in [-0.3, -0.25) is 4.79 Å². The van der Waals surface area contributed by atoms with Crippen LogP contribution < -0.4 is 5.32 Å². The fourth-order valence-corrected chi connectivity index (χ4v) is 2.10. The highest BCUT2D eigenvalue weighted by atomic mass is 19.1. The molecule has 1 aromatic heterocycles. The highest BCUT2D eigenvalue weighted by Gasteiger charge is 2.21. The molecule has 1 N–H and O–H groups in total. The van der Waals surface area contributed by atoms with Crippen LogP contribution in [0.1, 0.15) is 57.4 Å². The van der Waals surface area contributed by atoms with Gasteiger partial charge in [-0.25, -0.2) is 4.39 Å². The number of rotatable bonds is 5. The predicted molar refractivity (Wildman–Crippen MR) is 84.3 cm³/mol. The second-order valence-corrected chi connectivity index (χ2v) is 6.57. The molecule has 2 aromatic rings. The lowest BCUT2D eigenvalue weighted by atomic mass is 9.96. The Bertz CT molecular complexity index is 676. The maximum Gasteiger partial charge on any atom is 0.227 e. The molecular formula is C17H22FN3O2. The normalized spacial score (nSPS) is 12.9. The fourth-order valence-electron chi connectivity index (χ4n) is 2.10. The Labute approximate surface area is 135 Å². The number of hydrogen-bond donors (Lipinski definition) is 1. The number of hydrogen-bond acceptors (Lipinski definition) is 4. The van der Waals surface area contributed by atoms with Gasteiger partial charge in [0.1, 0.15) is 5.82 Å². The molecule has 0 saturated heterocycles. The van der Waals surface area contributed by atoms with E-state index >= 15 is 0 Å². The molecule has 1 amide bonds. The second kappa shape index (κ2) is 6.89. The van der Waals surface area contributed by atoms with E-state index in [-0.39, 0.29) is 23.6 Å². The number of carbonyl (C=O) groups is 1. The molecule has 124 valence electrons. The van der Waals surface area contributed by atoms with Gasteiger partial charge in [-0.15, -0.1) is 0 Å². The third-order valence-electron chi connectivity index (χ3n) is 3.45. The molecule has 0 fully saturated rings. The van der Waals surface area contributed by atoms with Crippen LogP contribution in [0.4, 0.5) is 4.39 Å². The van der Waals surface area contributed by atoms with E-state index in [0.29, 0.717) is 23.7 Å². The number of aromatic nitrogens is 2. The summed E-state index contributed by atoms with van der Waals surface area (Å²) in [6.45, 7) is 7.72. The second-order valence-electron chi connectivity index (χ2n) is 6.57. The first-order valence-electron chi connectivity index (χ1n) is 7.64. The van der Waals surface area contributed by atoms with E-state index in [1.54, 1.807) is 25.1 Å². The summed E-state index contributed by atoms with van der Waals surface area (Å²) in [4.78, 5) is 16.3. The number of carbonyl (C=O) groups excluding carboxylic acids is 1. The van der Waals surface area contributed by atoms with Crippen molar-refractivity contribution in [2.45, 2.75) is 52.0 Å². The first-order chi connectivity index (χ1) is 10.8. The van der Waals surface area contributed by atoms with Crippen LogP contribution in [0.2, 0.25) is 0 Å². The van der Waals surface area contributed by atoms with Crippen molar-refractivity contribution in [3.63, 3.8) is 0 Å². The van der Waals surface area contributed by atoms with Gasteiger partial charge in [0.25, 0.3) is 0 Å². The first kappa shape index (κ1) is 17.1. The topological polar surface area (TPSA) is 68.0 Å². The van der Waals surface area contributed by atoms with Crippen molar-refractivity contribution in [2.75, 3.05) is 0 Å². The smallest absolute Gasteiger partial charge is 0.227 e. The summed E-state index contributed by atoms with van der Waals surface area (Å²) < 4.78 is 18.8. The minimum atomic E-state index is -0.392. The van der Waals surface area contributed by atoms with Gasteiger partial charge in [-0.2, -0.15) is 4.98 Å². The molecule has 1 atom stereocenters. The van der Waals surface area contributed by atoms with E-state index < -0.39 is 6.04 Å². The first-order valence-corrected chi connectivity index (χ1v) is 7.64. The van der Waals surface area contributed by atoms with Crippen LogP contribution in [0.3, 0.4) is 0 Å². The summed E-state index contributed by atoms with van der Waals surface area (Å²) >= 11 is 0. The molecule has 1 heterocycles. The van der Waals surface area contributed by atoms with Crippen molar-refractivity contribution in [1.82, 2.24) is 15.5 Å². The Morgan fingerprint density at radius 3 is 2.65 bits per heavy atom. The number of amides is 1. The van der Waals surface area contributed by atoms with Crippen molar-refractivity contribution in [2.24, 2.45) is 0 Å². The lowest BCUT2D eigenvalue weighted by Crippen LogP contribution is -2.27. The molecule has 23 heavy (non-hydrogen) atoms. The number of nitrogens with one attached hydrogen (secondary N) is 1. The maximum absolute atomic E-state index is 13.7. The lowest BCUT2D eigenvalue weighted by molar-refractivity contribution is -0.121.